The highest BCUT2D eigenvalue weighted by atomic mass is 32.1. The molecule has 0 saturated heterocycles. The van der Waals surface area contributed by atoms with Crippen LogP contribution in [-0.2, 0) is 9.53 Å². The number of aryl methyl sites for hydroxylation is 3. The minimum Gasteiger partial charge on any atom is -0.503 e. The molecule has 4 rings (SSSR count). The molecule has 9 nitrogen and oxygen atoms in total. The Kier molecular flexibility index (Phi) is 9.36. The molecule has 0 bridgehead atoms. The van der Waals surface area contributed by atoms with Crippen molar-refractivity contribution in [1.29, 1.82) is 0 Å². The summed E-state index contributed by atoms with van der Waals surface area (Å²) in [6, 6.07) is 6.15. The van der Waals surface area contributed by atoms with Crippen molar-refractivity contribution in [2.45, 2.75) is 66.3 Å². The van der Waals surface area contributed by atoms with Crippen LogP contribution in [-0.4, -0.2) is 45.9 Å². The molecule has 1 aliphatic rings. The average Bonchev–Trinajstić information content (AvgIpc) is 3.56. The number of aliphatic hydroxyl groups excluding tert-OH is 1. The monoisotopic (exact) mass is 583 g/mol. The first kappa shape index (κ1) is 29.4. The number of ether oxygens (including phenoxy) is 2. The normalized spacial score (nSPS) is 15.2. The van der Waals surface area contributed by atoms with Crippen molar-refractivity contribution < 1.29 is 29.0 Å². The van der Waals surface area contributed by atoms with Crippen LogP contribution >= 0.6 is 22.7 Å². The smallest absolute Gasteiger partial charge is 0.350 e. The number of ketones is 1. The van der Waals surface area contributed by atoms with E-state index < -0.39 is 29.5 Å². The van der Waals surface area contributed by atoms with Gasteiger partial charge in [-0.25, -0.2) is 14.8 Å². The van der Waals surface area contributed by atoms with Gasteiger partial charge in [0.15, 0.2) is 10.9 Å². The lowest BCUT2D eigenvalue weighted by Gasteiger charge is -2.24. The Morgan fingerprint density at radius 3 is 2.30 bits per heavy atom. The van der Waals surface area contributed by atoms with Gasteiger partial charge in [0.2, 0.25) is 5.78 Å². The molecule has 0 saturated carbocycles. The van der Waals surface area contributed by atoms with E-state index in [4.69, 9.17) is 9.47 Å². The Balaban J connectivity index is 1.73. The van der Waals surface area contributed by atoms with E-state index in [2.05, 4.69) is 16.9 Å². The second kappa shape index (κ2) is 12.7. The first-order valence-corrected chi connectivity index (χ1v) is 14.9. The molecule has 212 valence electrons. The van der Waals surface area contributed by atoms with Crippen molar-refractivity contribution in [1.82, 2.24) is 9.97 Å². The van der Waals surface area contributed by atoms with Crippen LogP contribution in [0.4, 0.5) is 5.13 Å². The number of Topliss-reactive ketones (excluding diaryl/α,β-unsaturated/α-hetero) is 1. The Morgan fingerprint density at radius 2 is 1.68 bits per heavy atom. The number of thiazole rings is 2. The largest absolute Gasteiger partial charge is 0.503 e. The number of carbonyl (C=O) groups excluding carboxylic acids is 3. The fraction of sp³-hybridized carbons (Fsp3) is 0.414. The maximum atomic E-state index is 13.8. The second-order valence-corrected chi connectivity index (χ2v) is 11.6. The van der Waals surface area contributed by atoms with E-state index in [-0.39, 0.29) is 22.2 Å². The molecule has 1 N–H and O–H groups in total. The van der Waals surface area contributed by atoms with Gasteiger partial charge in [0.25, 0.3) is 5.91 Å². The lowest BCUT2D eigenvalue weighted by molar-refractivity contribution is -0.117. The molecule has 2 aromatic heterocycles. The molecule has 0 aliphatic carbocycles. The lowest BCUT2D eigenvalue weighted by Crippen LogP contribution is -2.31. The summed E-state index contributed by atoms with van der Waals surface area (Å²) >= 11 is 2.19. The van der Waals surface area contributed by atoms with Crippen LogP contribution in [0.3, 0.4) is 0 Å². The number of aromatic nitrogens is 2. The van der Waals surface area contributed by atoms with Gasteiger partial charge in [-0.15, -0.1) is 11.3 Å². The van der Waals surface area contributed by atoms with Crippen LogP contribution in [0, 0.1) is 20.8 Å². The van der Waals surface area contributed by atoms with Gasteiger partial charge in [-0.3, -0.25) is 14.5 Å². The number of aliphatic hydroxyl groups is 1. The number of unbranched alkanes of at least 4 members (excludes halogenated alkanes) is 3. The van der Waals surface area contributed by atoms with Crippen LogP contribution in [0.25, 0.3) is 0 Å². The Bertz CT molecular complexity index is 1440. The fourth-order valence-electron chi connectivity index (χ4n) is 4.55. The zero-order valence-electron chi connectivity index (χ0n) is 23.3. The van der Waals surface area contributed by atoms with E-state index in [0.717, 1.165) is 37.0 Å². The van der Waals surface area contributed by atoms with Crippen LogP contribution in [0.5, 0.6) is 5.75 Å². The zero-order valence-corrected chi connectivity index (χ0v) is 24.9. The molecule has 0 radical (unpaired) electrons. The lowest BCUT2D eigenvalue weighted by atomic mass is 9.95. The second-order valence-electron chi connectivity index (χ2n) is 9.43. The number of rotatable bonds is 12. The Morgan fingerprint density at radius 1 is 0.975 bits per heavy atom. The number of carbonyl (C=O) groups is 3. The minimum absolute atomic E-state index is 0.0597. The van der Waals surface area contributed by atoms with Crippen molar-refractivity contribution in [2.24, 2.45) is 0 Å². The number of nitrogens with zero attached hydrogens (tertiary/aromatic N) is 3. The number of benzene rings is 1. The molecular formula is C29H33N3O6S2. The highest BCUT2D eigenvalue weighted by Crippen LogP contribution is 2.44. The standard InChI is InChI=1S/C29H33N3O6S2/c1-6-8-9-10-15-38-20-13-11-19(12-14-20)22-21(23(33)25-16(3)30-18(5)39-25)24(34)27(35)32(22)29-31-17(4)26(40-29)28(36)37-7-2/h11-14,22,34H,6-10,15H2,1-5H3. The molecule has 3 heterocycles. The summed E-state index contributed by atoms with van der Waals surface area (Å²) in [4.78, 5) is 50.5. The molecule has 0 fully saturated rings. The Labute approximate surface area is 241 Å². The summed E-state index contributed by atoms with van der Waals surface area (Å²) < 4.78 is 11.0. The molecule has 3 aromatic rings. The number of anilines is 1. The fourth-order valence-corrected chi connectivity index (χ4v) is 6.41. The van der Waals surface area contributed by atoms with Crippen molar-refractivity contribution >= 4 is 45.5 Å². The van der Waals surface area contributed by atoms with Gasteiger partial charge in [-0.2, -0.15) is 0 Å². The molecule has 40 heavy (non-hydrogen) atoms. The van der Waals surface area contributed by atoms with Crippen LogP contribution in [0.1, 0.15) is 86.9 Å². The van der Waals surface area contributed by atoms with Crippen molar-refractivity contribution in [2.75, 3.05) is 18.1 Å². The van der Waals surface area contributed by atoms with Gasteiger partial charge in [0.05, 0.1) is 46.1 Å². The third-order valence-corrected chi connectivity index (χ3v) is 8.69. The first-order valence-electron chi connectivity index (χ1n) is 13.3. The number of amides is 1. The molecule has 1 aliphatic heterocycles. The third kappa shape index (κ3) is 5.95. The van der Waals surface area contributed by atoms with Crippen LogP contribution in [0.2, 0.25) is 0 Å². The minimum atomic E-state index is -0.971. The van der Waals surface area contributed by atoms with Gasteiger partial charge in [-0.1, -0.05) is 49.7 Å². The summed E-state index contributed by atoms with van der Waals surface area (Å²) in [7, 11) is 0. The molecule has 11 heteroatoms. The summed E-state index contributed by atoms with van der Waals surface area (Å²) in [5, 5.41) is 12.0. The highest BCUT2D eigenvalue weighted by molar-refractivity contribution is 7.17. The molecule has 1 aromatic carbocycles. The van der Waals surface area contributed by atoms with Gasteiger partial charge in [0, 0.05) is 0 Å². The molecule has 0 spiro atoms. The Hall–Kier alpha value is -3.57. The number of hydrogen-bond donors (Lipinski definition) is 1. The zero-order chi connectivity index (χ0) is 29.0. The van der Waals surface area contributed by atoms with Gasteiger partial charge < -0.3 is 14.6 Å². The number of esters is 1. The van der Waals surface area contributed by atoms with E-state index in [1.165, 1.54) is 16.2 Å². The number of hydrogen-bond acceptors (Lipinski definition) is 10. The van der Waals surface area contributed by atoms with E-state index in [1.807, 2.05) is 0 Å². The van der Waals surface area contributed by atoms with E-state index in [0.29, 0.717) is 39.2 Å². The van der Waals surface area contributed by atoms with Gasteiger partial charge in [0.1, 0.15) is 10.6 Å². The summed E-state index contributed by atoms with van der Waals surface area (Å²) in [5.74, 6) is -1.77. The van der Waals surface area contributed by atoms with Crippen molar-refractivity contribution in [3.8, 4) is 5.75 Å². The average molecular weight is 584 g/mol. The molecule has 1 unspecified atom stereocenters. The predicted octanol–water partition coefficient (Wildman–Crippen LogP) is 6.44. The van der Waals surface area contributed by atoms with Gasteiger partial charge in [-0.05, 0) is 51.8 Å². The van der Waals surface area contributed by atoms with E-state index in [1.54, 1.807) is 52.0 Å². The topological polar surface area (TPSA) is 119 Å². The maximum Gasteiger partial charge on any atom is 0.350 e. The quantitative estimate of drug-likeness (QED) is 0.147. The van der Waals surface area contributed by atoms with Crippen LogP contribution in [0.15, 0.2) is 35.6 Å². The highest BCUT2D eigenvalue weighted by Gasteiger charge is 2.46. The SMILES string of the molecule is CCCCCCOc1ccc(C2C(C(=O)c3sc(C)nc3C)=C(O)C(=O)N2c2nc(C)c(C(=O)OCC)s2)cc1. The summed E-state index contributed by atoms with van der Waals surface area (Å²) in [6.45, 7) is 9.82. The van der Waals surface area contributed by atoms with Crippen molar-refractivity contribution in [3.63, 3.8) is 0 Å². The van der Waals surface area contributed by atoms with E-state index >= 15 is 0 Å². The molecule has 1 amide bonds. The maximum absolute atomic E-state index is 13.8. The molecular weight excluding hydrogens is 550 g/mol. The predicted molar refractivity (Wildman–Crippen MR) is 155 cm³/mol. The first-order chi connectivity index (χ1) is 19.2. The third-order valence-electron chi connectivity index (χ3n) is 6.48. The van der Waals surface area contributed by atoms with Gasteiger partial charge >= 0.3 is 5.97 Å². The van der Waals surface area contributed by atoms with Crippen molar-refractivity contribution in [3.05, 3.63) is 67.3 Å². The summed E-state index contributed by atoms with van der Waals surface area (Å²) in [5.41, 5.74) is 1.45. The van der Waals surface area contributed by atoms with Crippen LogP contribution < -0.4 is 9.64 Å². The summed E-state index contributed by atoms with van der Waals surface area (Å²) in [6.07, 6.45) is 4.36. The molecule has 1 atom stereocenters. The van der Waals surface area contributed by atoms with E-state index in [9.17, 15) is 19.5 Å².